The summed E-state index contributed by atoms with van der Waals surface area (Å²) >= 11 is 12.6. The van der Waals surface area contributed by atoms with Crippen molar-refractivity contribution < 1.29 is 4.79 Å². The Bertz CT molecular complexity index is 809. The first kappa shape index (κ1) is 22.9. The minimum atomic E-state index is 0.0675. The van der Waals surface area contributed by atoms with Crippen LogP contribution in [0.3, 0.4) is 0 Å². The number of anilines is 1. The number of piperidine rings is 1. The topological polar surface area (TPSA) is 35.6 Å². The van der Waals surface area contributed by atoms with Gasteiger partial charge >= 0.3 is 0 Å². The van der Waals surface area contributed by atoms with Gasteiger partial charge in [0, 0.05) is 53.4 Å². The Hall–Kier alpha value is -1.75. The SMILES string of the molecule is CCN(CC)c1ccc(CNC(=O)C2CCN(Cc3c(Cl)cccc3Cl)CC2)cc1. The van der Waals surface area contributed by atoms with Gasteiger partial charge in [-0.25, -0.2) is 0 Å². The smallest absolute Gasteiger partial charge is 0.223 e. The number of carbonyl (C=O) groups excluding carboxylic acids is 1. The molecule has 0 bridgehead atoms. The molecule has 2 aromatic carbocycles. The van der Waals surface area contributed by atoms with Crippen molar-refractivity contribution >= 4 is 34.8 Å². The van der Waals surface area contributed by atoms with Crippen molar-refractivity contribution in [1.82, 2.24) is 10.2 Å². The summed E-state index contributed by atoms with van der Waals surface area (Å²) in [7, 11) is 0. The van der Waals surface area contributed by atoms with E-state index in [0.717, 1.165) is 56.7 Å². The molecule has 0 atom stereocenters. The molecule has 0 aromatic heterocycles. The minimum Gasteiger partial charge on any atom is -0.372 e. The molecule has 0 aliphatic carbocycles. The van der Waals surface area contributed by atoms with Crippen LogP contribution in [0.2, 0.25) is 10.0 Å². The lowest BCUT2D eigenvalue weighted by molar-refractivity contribution is -0.126. The van der Waals surface area contributed by atoms with E-state index in [1.807, 2.05) is 18.2 Å². The number of hydrogen-bond donors (Lipinski definition) is 1. The Balaban J connectivity index is 1.45. The third-order valence-corrected chi connectivity index (χ3v) is 6.64. The summed E-state index contributed by atoms with van der Waals surface area (Å²) in [5.41, 5.74) is 3.32. The summed E-state index contributed by atoms with van der Waals surface area (Å²) in [6.07, 6.45) is 1.71. The van der Waals surface area contributed by atoms with Crippen molar-refractivity contribution in [2.24, 2.45) is 5.92 Å². The van der Waals surface area contributed by atoms with Crippen molar-refractivity contribution in [1.29, 1.82) is 0 Å². The zero-order chi connectivity index (χ0) is 21.5. The van der Waals surface area contributed by atoms with Crippen LogP contribution in [0.15, 0.2) is 42.5 Å². The van der Waals surface area contributed by atoms with E-state index in [9.17, 15) is 4.79 Å². The van der Waals surface area contributed by atoms with Gasteiger partial charge in [0.1, 0.15) is 0 Å². The molecule has 0 radical (unpaired) electrons. The highest BCUT2D eigenvalue weighted by Crippen LogP contribution is 2.27. The minimum absolute atomic E-state index is 0.0675. The molecule has 0 unspecified atom stereocenters. The van der Waals surface area contributed by atoms with Crippen LogP contribution in [-0.2, 0) is 17.9 Å². The predicted molar refractivity (Wildman–Crippen MR) is 126 cm³/mol. The number of halogens is 2. The Labute approximate surface area is 190 Å². The number of nitrogens with one attached hydrogen (secondary N) is 1. The van der Waals surface area contributed by atoms with Gasteiger partial charge in [-0.3, -0.25) is 9.69 Å². The molecule has 0 spiro atoms. The molecular formula is C24H31Cl2N3O. The summed E-state index contributed by atoms with van der Waals surface area (Å²) in [5.74, 6) is 0.219. The third kappa shape index (κ3) is 5.90. The molecule has 30 heavy (non-hydrogen) atoms. The second kappa shape index (κ2) is 11.0. The predicted octanol–water partition coefficient (Wildman–Crippen LogP) is 5.37. The third-order valence-electron chi connectivity index (χ3n) is 5.93. The number of hydrogen-bond acceptors (Lipinski definition) is 3. The maximum atomic E-state index is 12.6. The molecule has 1 aliphatic heterocycles. The molecule has 1 saturated heterocycles. The first-order valence-electron chi connectivity index (χ1n) is 10.8. The fourth-order valence-corrected chi connectivity index (χ4v) is 4.52. The Morgan fingerprint density at radius 1 is 1.03 bits per heavy atom. The van der Waals surface area contributed by atoms with Crippen molar-refractivity contribution in [3.8, 4) is 0 Å². The molecule has 3 rings (SSSR count). The van der Waals surface area contributed by atoms with E-state index in [0.29, 0.717) is 16.6 Å². The van der Waals surface area contributed by atoms with Crippen molar-refractivity contribution in [2.75, 3.05) is 31.1 Å². The normalized spacial score (nSPS) is 15.2. The first-order chi connectivity index (χ1) is 14.5. The molecule has 6 heteroatoms. The molecule has 162 valence electrons. The highest BCUT2D eigenvalue weighted by atomic mass is 35.5. The van der Waals surface area contributed by atoms with Gasteiger partial charge in [0.25, 0.3) is 0 Å². The standard InChI is InChI=1S/C24H31Cl2N3O/c1-3-29(4-2)20-10-8-18(9-11-20)16-27-24(30)19-12-14-28(15-13-19)17-21-22(25)6-5-7-23(21)26/h5-11,19H,3-4,12-17H2,1-2H3,(H,27,30). The summed E-state index contributed by atoms with van der Waals surface area (Å²) < 4.78 is 0. The Morgan fingerprint density at radius 3 is 2.20 bits per heavy atom. The van der Waals surface area contributed by atoms with E-state index in [-0.39, 0.29) is 11.8 Å². The van der Waals surface area contributed by atoms with E-state index in [1.165, 1.54) is 5.69 Å². The molecule has 0 saturated carbocycles. The molecule has 1 heterocycles. The van der Waals surface area contributed by atoms with E-state index in [1.54, 1.807) is 0 Å². The quantitative estimate of drug-likeness (QED) is 0.590. The van der Waals surface area contributed by atoms with Crippen molar-refractivity contribution in [2.45, 2.75) is 39.8 Å². The van der Waals surface area contributed by atoms with Gasteiger partial charge in [-0.15, -0.1) is 0 Å². The maximum absolute atomic E-state index is 12.6. The van der Waals surface area contributed by atoms with Gasteiger partial charge in [0.2, 0.25) is 5.91 Å². The molecule has 1 N–H and O–H groups in total. The number of rotatable bonds is 8. The van der Waals surface area contributed by atoms with Crippen molar-refractivity contribution in [3.05, 3.63) is 63.6 Å². The summed E-state index contributed by atoms with van der Waals surface area (Å²) in [6, 6.07) is 14.1. The van der Waals surface area contributed by atoms with E-state index >= 15 is 0 Å². The van der Waals surface area contributed by atoms with Crippen LogP contribution in [0.25, 0.3) is 0 Å². The highest BCUT2D eigenvalue weighted by molar-refractivity contribution is 6.35. The number of benzene rings is 2. The Kier molecular flexibility index (Phi) is 8.43. The summed E-state index contributed by atoms with van der Waals surface area (Å²) in [5, 5.41) is 4.52. The number of nitrogens with zero attached hydrogens (tertiary/aromatic N) is 2. The van der Waals surface area contributed by atoms with Gasteiger partial charge in [-0.2, -0.15) is 0 Å². The van der Waals surface area contributed by atoms with Gasteiger partial charge in [0.05, 0.1) is 0 Å². The zero-order valence-electron chi connectivity index (χ0n) is 17.8. The van der Waals surface area contributed by atoms with Gasteiger partial charge in [-0.1, -0.05) is 41.4 Å². The molecular weight excluding hydrogens is 417 g/mol. The van der Waals surface area contributed by atoms with E-state index < -0.39 is 0 Å². The second-order valence-electron chi connectivity index (χ2n) is 7.81. The molecule has 1 fully saturated rings. The van der Waals surface area contributed by atoms with Crippen LogP contribution in [0, 0.1) is 5.92 Å². The lowest BCUT2D eigenvalue weighted by atomic mass is 9.95. The number of likely N-dealkylation sites (tertiary alicyclic amines) is 1. The van der Waals surface area contributed by atoms with Crippen LogP contribution in [-0.4, -0.2) is 37.0 Å². The Morgan fingerprint density at radius 2 is 1.63 bits per heavy atom. The fraction of sp³-hybridized carbons (Fsp3) is 0.458. The monoisotopic (exact) mass is 447 g/mol. The van der Waals surface area contributed by atoms with E-state index in [4.69, 9.17) is 23.2 Å². The average molecular weight is 448 g/mol. The van der Waals surface area contributed by atoms with Gasteiger partial charge in [-0.05, 0) is 69.6 Å². The highest BCUT2D eigenvalue weighted by Gasteiger charge is 2.25. The molecule has 1 amide bonds. The molecule has 2 aromatic rings. The largest absolute Gasteiger partial charge is 0.372 e. The van der Waals surface area contributed by atoms with Crippen LogP contribution in [0.4, 0.5) is 5.69 Å². The summed E-state index contributed by atoms with van der Waals surface area (Å²) in [6.45, 7) is 9.36. The lowest BCUT2D eigenvalue weighted by Gasteiger charge is -2.31. The van der Waals surface area contributed by atoms with Crippen LogP contribution >= 0.6 is 23.2 Å². The van der Waals surface area contributed by atoms with Gasteiger partial charge in [0.15, 0.2) is 0 Å². The van der Waals surface area contributed by atoms with E-state index in [2.05, 4.69) is 53.2 Å². The lowest BCUT2D eigenvalue weighted by Crippen LogP contribution is -2.40. The second-order valence-corrected chi connectivity index (χ2v) is 8.62. The number of carbonyl (C=O) groups is 1. The first-order valence-corrected chi connectivity index (χ1v) is 11.5. The zero-order valence-corrected chi connectivity index (χ0v) is 19.3. The van der Waals surface area contributed by atoms with Crippen LogP contribution in [0.1, 0.15) is 37.8 Å². The van der Waals surface area contributed by atoms with Crippen LogP contribution < -0.4 is 10.2 Å². The van der Waals surface area contributed by atoms with Gasteiger partial charge < -0.3 is 10.2 Å². The molecule has 4 nitrogen and oxygen atoms in total. The van der Waals surface area contributed by atoms with Crippen LogP contribution in [0.5, 0.6) is 0 Å². The number of amides is 1. The average Bonchev–Trinajstić information content (AvgIpc) is 2.77. The van der Waals surface area contributed by atoms with Crippen molar-refractivity contribution in [3.63, 3.8) is 0 Å². The molecule has 1 aliphatic rings. The summed E-state index contributed by atoms with van der Waals surface area (Å²) in [4.78, 5) is 17.3. The maximum Gasteiger partial charge on any atom is 0.223 e. The fourth-order valence-electron chi connectivity index (χ4n) is 4.01.